The number of Topliss-reactive ketones (excluding diaryl/α,β-unsaturated/α-hetero) is 1. The highest BCUT2D eigenvalue weighted by Crippen LogP contribution is 2.35. The predicted octanol–water partition coefficient (Wildman–Crippen LogP) is 5.20. The molecule has 1 N–H and O–H groups in total. The highest BCUT2D eigenvalue weighted by molar-refractivity contribution is 9.09. The maximum Gasteiger partial charge on any atom is 0.170 e. The number of benzene rings is 1. The first-order valence-electron chi connectivity index (χ1n) is 8.85. The van der Waals surface area contributed by atoms with Crippen LogP contribution < -0.4 is 10.1 Å². The summed E-state index contributed by atoms with van der Waals surface area (Å²) in [6.07, 6.45) is 6.63. The molecule has 0 spiro atoms. The van der Waals surface area contributed by atoms with Crippen LogP contribution in [0.5, 0.6) is 5.75 Å². The Hall–Kier alpha value is -1.52. The summed E-state index contributed by atoms with van der Waals surface area (Å²) in [6, 6.07) is 5.58. The fraction of sp³-hybridized carbons (Fsp3) is 0.381. The first-order chi connectivity index (χ1) is 12.4. The van der Waals surface area contributed by atoms with Gasteiger partial charge < -0.3 is 10.1 Å². The Morgan fingerprint density at radius 1 is 1.42 bits per heavy atom. The highest BCUT2D eigenvalue weighted by atomic mass is 79.9. The van der Waals surface area contributed by atoms with E-state index in [9.17, 15) is 4.79 Å². The molecular weight excluding hydrogens is 414 g/mol. The number of ether oxygens (including phenoxy) is 1. The van der Waals surface area contributed by atoms with Gasteiger partial charge in [-0.05, 0) is 54.7 Å². The number of hydrogen-bond acceptors (Lipinski definition) is 3. The van der Waals surface area contributed by atoms with Crippen molar-refractivity contribution in [3.05, 3.63) is 63.9 Å². The maximum atomic E-state index is 13.3. The Morgan fingerprint density at radius 3 is 2.88 bits per heavy atom. The lowest BCUT2D eigenvalue weighted by Gasteiger charge is -2.28. The average Bonchev–Trinajstić information content (AvgIpc) is 2.62. The number of hydrogen-bond donors (Lipinski definition) is 1. The second kappa shape index (κ2) is 8.01. The van der Waals surface area contributed by atoms with Gasteiger partial charge in [-0.15, -0.1) is 0 Å². The minimum absolute atomic E-state index is 0.0869. The lowest BCUT2D eigenvalue weighted by Crippen LogP contribution is -2.31. The van der Waals surface area contributed by atoms with Gasteiger partial charge in [-0.3, -0.25) is 4.79 Å². The van der Waals surface area contributed by atoms with E-state index < -0.39 is 0 Å². The predicted molar refractivity (Wildman–Crippen MR) is 110 cm³/mol. The van der Waals surface area contributed by atoms with Crippen molar-refractivity contribution in [1.82, 2.24) is 5.32 Å². The number of carbonyl (C=O) groups excluding carboxylic acids is 1. The van der Waals surface area contributed by atoms with Crippen LogP contribution >= 0.6 is 27.5 Å². The second-order valence-electron chi connectivity index (χ2n) is 6.93. The average molecular weight is 437 g/mol. The number of halogens is 2. The van der Waals surface area contributed by atoms with Crippen molar-refractivity contribution < 1.29 is 9.53 Å². The van der Waals surface area contributed by atoms with E-state index in [4.69, 9.17) is 16.3 Å². The lowest BCUT2D eigenvalue weighted by molar-refractivity contribution is -0.120. The summed E-state index contributed by atoms with van der Waals surface area (Å²) in [5.41, 5.74) is 3.89. The van der Waals surface area contributed by atoms with Crippen LogP contribution in [0.15, 0.2) is 53.3 Å². The molecule has 0 saturated heterocycles. The molecule has 0 bridgehead atoms. The number of allylic oxidation sites excluding steroid dienone is 4. The van der Waals surface area contributed by atoms with Crippen molar-refractivity contribution in [3.63, 3.8) is 0 Å². The molecule has 0 aromatic heterocycles. The smallest absolute Gasteiger partial charge is 0.170 e. The van der Waals surface area contributed by atoms with Crippen molar-refractivity contribution in [2.24, 2.45) is 11.8 Å². The van der Waals surface area contributed by atoms with Crippen LogP contribution in [-0.4, -0.2) is 17.3 Å². The van der Waals surface area contributed by atoms with Crippen molar-refractivity contribution in [2.45, 2.75) is 32.1 Å². The van der Waals surface area contributed by atoms with Crippen molar-refractivity contribution in [1.29, 1.82) is 0 Å². The zero-order chi connectivity index (χ0) is 18.8. The van der Waals surface area contributed by atoms with Gasteiger partial charge in [-0.1, -0.05) is 47.5 Å². The Morgan fingerprint density at radius 2 is 2.19 bits per heavy atom. The third-order valence-electron chi connectivity index (χ3n) is 4.79. The monoisotopic (exact) mass is 435 g/mol. The number of fused-ring (bicyclic) bond motifs is 1. The van der Waals surface area contributed by atoms with Crippen LogP contribution in [0.25, 0.3) is 0 Å². The Kier molecular flexibility index (Phi) is 5.93. The minimum Gasteiger partial charge on any atom is -0.493 e. The summed E-state index contributed by atoms with van der Waals surface area (Å²) in [4.78, 5) is 13.4. The van der Waals surface area contributed by atoms with Crippen molar-refractivity contribution in [2.75, 3.05) is 6.61 Å². The van der Waals surface area contributed by atoms with E-state index in [1.165, 1.54) is 5.57 Å². The van der Waals surface area contributed by atoms with E-state index in [0.717, 1.165) is 22.5 Å². The van der Waals surface area contributed by atoms with Crippen LogP contribution in [0.1, 0.15) is 26.3 Å². The third-order valence-corrected chi connectivity index (χ3v) is 5.55. The Labute approximate surface area is 168 Å². The quantitative estimate of drug-likeness (QED) is 0.401. The van der Waals surface area contributed by atoms with E-state index in [0.29, 0.717) is 24.0 Å². The molecule has 26 heavy (non-hydrogen) atoms. The Bertz CT molecular complexity index is 810. The Balaban J connectivity index is 1.85. The molecule has 2 heterocycles. The molecule has 0 saturated carbocycles. The molecule has 1 aromatic carbocycles. The molecule has 3 nitrogen and oxygen atoms in total. The van der Waals surface area contributed by atoms with E-state index in [-0.39, 0.29) is 16.7 Å². The highest BCUT2D eigenvalue weighted by Gasteiger charge is 2.31. The van der Waals surface area contributed by atoms with Crippen LogP contribution in [0, 0.1) is 11.8 Å². The van der Waals surface area contributed by atoms with Gasteiger partial charge in [0.25, 0.3) is 0 Å². The molecule has 2 unspecified atom stereocenters. The number of alkyl halides is 1. The molecule has 138 valence electrons. The number of carbonyl (C=O) groups is 1. The molecule has 1 aromatic rings. The molecule has 2 aliphatic rings. The summed E-state index contributed by atoms with van der Waals surface area (Å²) in [6.45, 7) is 6.60. The van der Waals surface area contributed by atoms with E-state index >= 15 is 0 Å². The molecule has 0 amide bonds. The van der Waals surface area contributed by atoms with Crippen molar-refractivity contribution in [3.8, 4) is 5.75 Å². The number of rotatable bonds is 4. The van der Waals surface area contributed by atoms with E-state index in [2.05, 4.69) is 41.2 Å². The van der Waals surface area contributed by atoms with Crippen LogP contribution in [0.3, 0.4) is 0 Å². The normalized spacial score (nSPS) is 22.8. The van der Waals surface area contributed by atoms with E-state index in [1.807, 2.05) is 37.4 Å². The molecule has 0 fully saturated rings. The van der Waals surface area contributed by atoms with Crippen LogP contribution in [0.2, 0.25) is 5.02 Å². The zero-order valence-electron chi connectivity index (χ0n) is 15.2. The van der Waals surface area contributed by atoms with Gasteiger partial charge in [0.2, 0.25) is 0 Å². The molecule has 0 radical (unpaired) electrons. The fourth-order valence-electron chi connectivity index (χ4n) is 3.46. The standard InChI is InChI=1S/C21H23BrClNO2/c1-4-16(18-10-24-20(22)9-17(18)12(2)3)21(25)14-7-13-8-15(23)5-6-19(13)26-11-14/h4-6,8-10,12,14,20,24H,7,11H2,1-3H3/b16-4+. The number of nitrogens with one attached hydrogen (secondary N) is 1. The topological polar surface area (TPSA) is 38.3 Å². The van der Waals surface area contributed by atoms with Crippen molar-refractivity contribution >= 4 is 33.3 Å². The summed E-state index contributed by atoms with van der Waals surface area (Å²) >= 11 is 9.67. The zero-order valence-corrected chi connectivity index (χ0v) is 17.5. The lowest BCUT2D eigenvalue weighted by atomic mass is 9.82. The van der Waals surface area contributed by atoms with Gasteiger partial charge in [0, 0.05) is 22.4 Å². The first-order valence-corrected chi connectivity index (χ1v) is 10.1. The van der Waals surface area contributed by atoms with Gasteiger partial charge in [0.15, 0.2) is 5.78 Å². The minimum atomic E-state index is -0.205. The van der Waals surface area contributed by atoms with Gasteiger partial charge >= 0.3 is 0 Å². The van der Waals surface area contributed by atoms with Gasteiger partial charge in [0.05, 0.1) is 12.5 Å². The molecule has 3 rings (SSSR count). The number of dihydropyridines is 1. The fourth-order valence-corrected chi connectivity index (χ4v) is 4.07. The summed E-state index contributed by atoms with van der Waals surface area (Å²) in [5.74, 6) is 1.06. The van der Waals surface area contributed by atoms with E-state index in [1.54, 1.807) is 0 Å². The molecular formula is C21H23BrClNO2. The van der Waals surface area contributed by atoms with Gasteiger partial charge in [0.1, 0.15) is 10.7 Å². The number of ketones is 1. The molecule has 0 aliphatic carbocycles. The second-order valence-corrected chi connectivity index (χ2v) is 8.36. The molecule has 5 heteroatoms. The largest absolute Gasteiger partial charge is 0.493 e. The van der Waals surface area contributed by atoms with Gasteiger partial charge in [-0.2, -0.15) is 0 Å². The summed E-state index contributed by atoms with van der Waals surface area (Å²) < 4.78 is 5.82. The maximum absolute atomic E-state index is 13.3. The van der Waals surface area contributed by atoms with Crippen LogP contribution in [0.4, 0.5) is 0 Å². The SMILES string of the molecule is C/C=C(/C(=O)C1COc2ccc(Cl)cc2C1)C1=CNC(Br)C=C1C(C)C. The third kappa shape index (κ3) is 3.91. The van der Waals surface area contributed by atoms with Gasteiger partial charge in [-0.25, -0.2) is 0 Å². The molecule has 2 aliphatic heterocycles. The van der Waals surface area contributed by atoms with Crippen LogP contribution in [-0.2, 0) is 11.2 Å². The first kappa shape index (κ1) is 19.2. The summed E-state index contributed by atoms with van der Waals surface area (Å²) in [5, 5.41) is 3.92. The molecule has 2 atom stereocenters. The summed E-state index contributed by atoms with van der Waals surface area (Å²) in [7, 11) is 0.